The molecule has 4 rings (SSSR count). The third-order valence-electron chi connectivity index (χ3n) is 5.26. The van der Waals surface area contributed by atoms with Gasteiger partial charge in [-0.25, -0.2) is 9.78 Å². The van der Waals surface area contributed by atoms with Crippen molar-refractivity contribution in [3.05, 3.63) is 55.5 Å². The Hall–Kier alpha value is -2.60. The molecule has 2 atom stereocenters. The van der Waals surface area contributed by atoms with Gasteiger partial charge in [0, 0.05) is 18.2 Å². The van der Waals surface area contributed by atoms with Crippen LogP contribution in [-0.2, 0) is 0 Å². The SMILES string of the molecule is C=C.O=C(NCCCCC(O)CC1c2ccccc2-c2cncn21)NC1CC1. The Morgan fingerprint density at radius 2 is 2.07 bits per heavy atom. The number of carbonyl (C=O) groups is 1. The number of nitrogens with one attached hydrogen (secondary N) is 2. The standard InChI is InChI=1S/C20H26N4O2.C2H4/c25-15(5-3-4-10-22-20(26)23-14-8-9-14)11-18-16-6-1-2-7-17(16)19-12-21-13-24(18)19;1-2/h1-2,6-7,12-15,18,25H,3-5,8-11H2,(H2,22,23,26);1-2H2. The predicted molar refractivity (Wildman–Crippen MR) is 111 cm³/mol. The van der Waals surface area contributed by atoms with Crippen molar-refractivity contribution in [2.75, 3.05) is 6.54 Å². The van der Waals surface area contributed by atoms with Gasteiger partial charge in [0.25, 0.3) is 0 Å². The van der Waals surface area contributed by atoms with Crippen LogP contribution in [0.15, 0.2) is 49.9 Å². The molecule has 2 aliphatic rings. The van der Waals surface area contributed by atoms with Gasteiger partial charge in [-0.15, -0.1) is 13.2 Å². The van der Waals surface area contributed by atoms with Crippen molar-refractivity contribution in [1.82, 2.24) is 20.2 Å². The van der Waals surface area contributed by atoms with E-state index in [-0.39, 0.29) is 18.2 Å². The van der Waals surface area contributed by atoms with Crippen LogP contribution in [0.4, 0.5) is 4.79 Å². The van der Waals surface area contributed by atoms with Gasteiger partial charge in [-0.2, -0.15) is 0 Å². The van der Waals surface area contributed by atoms with Crippen LogP contribution in [0, 0.1) is 0 Å². The molecule has 150 valence electrons. The van der Waals surface area contributed by atoms with Crippen molar-refractivity contribution < 1.29 is 9.90 Å². The molecule has 0 bridgehead atoms. The number of aliphatic hydroxyl groups excluding tert-OH is 1. The molecule has 6 nitrogen and oxygen atoms in total. The summed E-state index contributed by atoms with van der Waals surface area (Å²) in [7, 11) is 0. The molecule has 1 aliphatic carbocycles. The zero-order valence-electron chi connectivity index (χ0n) is 16.3. The van der Waals surface area contributed by atoms with Gasteiger partial charge in [-0.3, -0.25) is 0 Å². The highest BCUT2D eigenvalue weighted by Gasteiger charge is 2.29. The molecule has 2 aromatic rings. The lowest BCUT2D eigenvalue weighted by atomic mass is 9.97. The van der Waals surface area contributed by atoms with Gasteiger partial charge in [0.1, 0.15) is 0 Å². The number of imidazole rings is 1. The molecule has 0 spiro atoms. The number of urea groups is 1. The second-order valence-corrected chi connectivity index (χ2v) is 7.35. The number of unbranched alkanes of at least 4 members (excludes halogenated alkanes) is 1. The Kier molecular flexibility index (Phi) is 6.87. The molecule has 2 heterocycles. The molecule has 6 heteroatoms. The van der Waals surface area contributed by atoms with E-state index in [1.54, 1.807) is 0 Å². The van der Waals surface area contributed by atoms with Crippen LogP contribution in [0.25, 0.3) is 11.3 Å². The summed E-state index contributed by atoms with van der Waals surface area (Å²) >= 11 is 0. The van der Waals surface area contributed by atoms with E-state index in [1.807, 2.05) is 18.6 Å². The molecule has 1 saturated carbocycles. The minimum Gasteiger partial charge on any atom is -0.393 e. The fourth-order valence-corrected chi connectivity index (χ4v) is 3.72. The largest absolute Gasteiger partial charge is 0.393 e. The number of hydrogen-bond donors (Lipinski definition) is 3. The van der Waals surface area contributed by atoms with E-state index in [0.29, 0.717) is 19.0 Å². The number of rotatable bonds is 8. The van der Waals surface area contributed by atoms with Gasteiger partial charge >= 0.3 is 6.03 Å². The Bertz CT molecular complexity index is 784. The van der Waals surface area contributed by atoms with Crippen molar-refractivity contribution >= 4 is 6.03 Å². The third-order valence-corrected chi connectivity index (χ3v) is 5.26. The molecule has 2 unspecified atom stereocenters. The second kappa shape index (κ2) is 9.55. The maximum absolute atomic E-state index is 11.5. The van der Waals surface area contributed by atoms with Crippen LogP contribution in [0.2, 0.25) is 0 Å². The lowest BCUT2D eigenvalue weighted by molar-refractivity contribution is 0.139. The first-order valence-corrected chi connectivity index (χ1v) is 10.1. The lowest BCUT2D eigenvalue weighted by Gasteiger charge is -2.19. The Labute approximate surface area is 166 Å². The van der Waals surface area contributed by atoms with Crippen molar-refractivity contribution in [2.45, 2.75) is 56.7 Å². The van der Waals surface area contributed by atoms with E-state index >= 15 is 0 Å². The van der Waals surface area contributed by atoms with Gasteiger partial charge in [0.2, 0.25) is 0 Å². The number of hydrogen-bond acceptors (Lipinski definition) is 3. The minimum atomic E-state index is -0.360. The maximum Gasteiger partial charge on any atom is 0.315 e. The summed E-state index contributed by atoms with van der Waals surface area (Å²) in [6.07, 6.45) is 8.80. The highest BCUT2D eigenvalue weighted by molar-refractivity contribution is 5.74. The first-order chi connectivity index (χ1) is 13.7. The molecule has 1 aromatic heterocycles. The van der Waals surface area contributed by atoms with Crippen molar-refractivity contribution in [3.63, 3.8) is 0 Å². The molecular weight excluding hydrogens is 352 g/mol. The van der Waals surface area contributed by atoms with Gasteiger partial charge in [0.05, 0.1) is 30.4 Å². The summed E-state index contributed by atoms with van der Waals surface area (Å²) in [6.45, 7) is 6.66. The van der Waals surface area contributed by atoms with E-state index in [2.05, 4.69) is 51.5 Å². The van der Waals surface area contributed by atoms with Crippen LogP contribution in [0.1, 0.15) is 50.1 Å². The van der Waals surface area contributed by atoms with Crippen molar-refractivity contribution in [1.29, 1.82) is 0 Å². The molecule has 1 fully saturated rings. The highest BCUT2D eigenvalue weighted by Crippen LogP contribution is 2.41. The summed E-state index contributed by atoms with van der Waals surface area (Å²) in [5.74, 6) is 0. The van der Waals surface area contributed by atoms with Gasteiger partial charge in [-0.05, 0) is 44.1 Å². The average Bonchev–Trinajstić information content (AvgIpc) is 3.30. The first kappa shape index (κ1) is 20.1. The summed E-state index contributed by atoms with van der Waals surface area (Å²) in [5, 5.41) is 16.3. The summed E-state index contributed by atoms with van der Waals surface area (Å²) in [5.41, 5.74) is 3.61. The van der Waals surface area contributed by atoms with Crippen molar-refractivity contribution in [3.8, 4) is 11.3 Å². The summed E-state index contributed by atoms with van der Waals surface area (Å²) in [6, 6.07) is 8.83. The van der Waals surface area contributed by atoms with Crippen LogP contribution in [0.5, 0.6) is 0 Å². The Morgan fingerprint density at radius 3 is 2.86 bits per heavy atom. The Morgan fingerprint density at radius 1 is 1.29 bits per heavy atom. The topological polar surface area (TPSA) is 79.2 Å². The summed E-state index contributed by atoms with van der Waals surface area (Å²) in [4.78, 5) is 15.8. The molecular formula is C22H30N4O2. The number of aliphatic hydroxyl groups is 1. The number of aromatic nitrogens is 2. The van der Waals surface area contributed by atoms with Crippen LogP contribution >= 0.6 is 0 Å². The number of fused-ring (bicyclic) bond motifs is 3. The number of nitrogens with zero attached hydrogens (tertiary/aromatic N) is 2. The van der Waals surface area contributed by atoms with Crippen LogP contribution in [-0.4, -0.2) is 39.4 Å². The maximum atomic E-state index is 11.5. The molecule has 1 aliphatic heterocycles. The summed E-state index contributed by atoms with van der Waals surface area (Å²) < 4.78 is 2.16. The van der Waals surface area contributed by atoms with E-state index in [4.69, 9.17) is 0 Å². The smallest absolute Gasteiger partial charge is 0.315 e. The molecule has 0 radical (unpaired) electrons. The van der Waals surface area contributed by atoms with Crippen molar-refractivity contribution in [2.24, 2.45) is 0 Å². The van der Waals surface area contributed by atoms with Gasteiger partial charge in [-0.1, -0.05) is 24.3 Å². The lowest BCUT2D eigenvalue weighted by Crippen LogP contribution is -2.37. The van der Waals surface area contributed by atoms with Gasteiger partial charge < -0.3 is 20.3 Å². The molecule has 1 aromatic carbocycles. The highest BCUT2D eigenvalue weighted by atomic mass is 16.3. The normalized spacial score (nSPS) is 17.7. The minimum absolute atomic E-state index is 0.0664. The zero-order chi connectivity index (χ0) is 19.9. The zero-order valence-corrected chi connectivity index (χ0v) is 16.3. The van der Waals surface area contributed by atoms with E-state index in [0.717, 1.165) is 37.8 Å². The number of carbonyl (C=O) groups excluding carboxylic acids is 1. The third kappa shape index (κ3) is 4.81. The Balaban J connectivity index is 0.00000109. The van der Waals surface area contributed by atoms with Gasteiger partial charge in [0.15, 0.2) is 0 Å². The van der Waals surface area contributed by atoms with Crippen LogP contribution < -0.4 is 10.6 Å². The monoisotopic (exact) mass is 382 g/mol. The van der Waals surface area contributed by atoms with E-state index in [1.165, 1.54) is 11.1 Å². The molecule has 28 heavy (non-hydrogen) atoms. The average molecular weight is 383 g/mol. The molecule has 3 N–H and O–H groups in total. The molecule has 0 saturated heterocycles. The number of benzene rings is 1. The van der Waals surface area contributed by atoms with E-state index < -0.39 is 0 Å². The number of amides is 2. The second-order valence-electron chi connectivity index (χ2n) is 7.35. The van der Waals surface area contributed by atoms with Crippen LogP contribution in [0.3, 0.4) is 0 Å². The van der Waals surface area contributed by atoms with E-state index in [9.17, 15) is 9.90 Å². The fourth-order valence-electron chi connectivity index (χ4n) is 3.72. The fraction of sp³-hybridized carbons (Fsp3) is 0.455. The first-order valence-electron chi connectivity index (χ1n) is 10.1. The quantitative estimate of drug-likeness (QED) is 0.482. The predicted octanol–water partition coefficient (Wildman–Crippen LogP) is 3.64. The molecule has 2 amide bonds.